The first-order chi connectivity index (χ1) is 4.00. The molecule has 0 rings (SSSR count). The minimum Gasteiger partial charge on any atom is -0.291 e. The van der Waals surface area contributed by atoms with Crippen molar-refractivity contribution in [3.8, 4) is 0 Å². The number of alkyl halides is 4. The molecule has 0 saturated carbocycles. The van der Waals surface area contributed by atoms with E-state index in [1.165, 1.54) is 0 Å². The van der Waals surface area contributed by atoms with Crippen molar-refractivity contribution < 1.29 is 22.4 Å². The van der Waals surface area contributed by atoms with E-state index >= 15 is 0 Å². The smallest absolute Gasteiger partial charge is 0.291 e. The molecule has 0 aromatic heterocycles. The van der Waals surface area contributed by atoms with Crippen molar-refractivity contribution in [1.82, 2.24) is 0 Å². The summed E-state index contributed by atoms with van der Waals surface area (Å²) in [5, 5.41) is -4.23. The minimum absolute atomic E-state index is 0.313. The third-order valence-corrected chi connectivity index (χ3v) is 1.05. The van der Waals surface area contributed by atoms with Crippen LogP contribution in [0.2, 0.25) is 0 Å². The topological polar surface area (TPSA) is 17.1 Å². The van der Waals surface area contributed by atoms with Crippen LogP contribution in [0, 0.1) is 0 Å². The molecule has 1 nitrogen and oxygen atoms in total. The van der Waals surface area contributed by atoms with Crippen molar-refractivity contribution >= 4 is 17.4 Å². The van der Waals surface area contributed by atoms with Gasteiger partial charge in [0, 0.05) is 0 Å². The predicted molar refractivity (Wildman–Crippen MR) is 25.3 cm³/mol. The van der Waals surface area contributed by atoms with E-state index in [0.717, 1.165) is 0 Å². The molecule has 0 unspecified atom stereocenters. The molecule has 6 heteroatoms. The van der Waals surface area contributed by atoms with Gasteiger partial charge in [-0.1, -0.05) is 0 Å². The molecule has 0 spiro atoms. The Balaban J connectivity index is 3.84. The quantitative estimate of drug-likeness (QED) is 0.464. The first kappa shape index (κ1) is 8.74. The molecule has 0 aromatic carbocycles. The second-order valence-corrected chi connectivity index (χ2v) is 2.05. The van der Waals surface area contributed by atoms with Crippen LogP contribution in [0.4, 0.5) is 17.6 Å². The first-order valence-electron chi connectivity index (χ1n) is 1.78. The van der Waals surface area contributed by atoms with Crippen molar-refractivity contribution in [2.45, 2.75) is 11.7 Å². The van der Waals surface area contributed by atoms with Crippen LogP contribution >= 0.6 is 11.8 Å². The molecular formula is C3H2F4OS. The summed E-state index contributed by atoms with van der Waals surface area (Å²) in [4.78, 5) is 9.27. The Labute approximate surface area is 52.4 Å². The van der Waals surface area contributed by atoms with Gasteiger partial charge in [-0.05, 0) is 11.8 Å². The highest BCUT2D eigenvalue weighted by Gasteiger charge is 2.41. The lowest BCUT2D eigenvalue weighted by Crippen LogP contribution is -2.21. The zero-order chi connectivity index (χ0) is 7.49. The number of carbonyl (C=O) groups is 1. The molecule has 0 radical (unpaired) electrons. The van der Waals surface area contributed by atoms with Crippen molar-refractivity contribution in [2.24, 2.45) is 0 Å². The molecule has 0 aromatic rings. The fraction of sp³-hybridized carbons (Fsp3) is 0.667. The Hall–Kier alpha value is -0.260. The van der Waals surface area contributed by atoms with Gasteiger partial charge in [-0.25, -0.2) is 8.78 Å². The van der Waals surface area contributed by atoms with Crippen LogP contribution in [0.5, 0.6) is 0 Å². The maximum Gasteiger partial charge on any atom is 0.360 e. The molecule has 9 heavy (non-hydrogen) atoms. The molecule has 0 aliphatic carbocycles. The average Bonchev–Trinajstić information content (AvgIpc) is 1.65. The number of thioether (sulfide) groups is 1. The van der Waals surface area contributed by atoms with Crippen LogP contribution < -0.4 is 0 Å². The summed E-state index contributed by atoms with van der Waals surface area (Å²) in [5.41, 5.74) is -0.313. The van der Waals surface area contributed by atoms with E-state index < -0.39 is 23.4 Å². The van der Waals surface area contributed by atoms with Gasteiger partial charge < -0.3 is 0 Å². The van der Waals surface area contributed by atoms with Crippen LogP contribution in [0.1, 0.15) is 0 Å². The van der Waals surface area contributed by atoms with Crippen molar-refractivity contribution in [1.29, 1.82) is 0 Å². The van der Waals surface area contributed by atoms with Gasteiger partial charge in [0.2, 0.25) is 0 Å². The van der Waals surface area contributed by atoms with E-state index in [9.17, 15) is 22.4 Å². The van der Waals surface area contributed by atoms with E-state index in [-0.39, 0.29) is 5.62 Å². The van der Waals surface area contributed by atoms with Gasteiger partial charge in [0.1, 0.15) is 0 Å². The fourth-order valence-electron chi connectivity index (χ4n) is 0.116. The monoisotopic (exact) mass is 162 g/mol. The zero-order valence-electron chi connectivity index (χ0n) is 3.98. The number of halogens is 4. The maximum atomic E-state index is 11.5. The fourth-order valence-corrected chi connectivity index (χ4v) is 0.347. The molecule has 0 aliphatic rings. The lowest BCUT2D eigenvalue weighted by atomic mass is 10.7. The van der Waals surface area contributed by atoms with Gasteiger partial charge >= 0.3 is 11.7 Å². The Morgan fingerprint density at radius 1 is 1.44 bits per heavy atom. The normalized spacial score (nSPS) is 12.1. The summed E-state index contributed by atoms with van der Waals surface area (Å²) in [7, 11) is 0. The third kappa shape index (κ3) is 2.69. The van der Waals surface area contributed by atoms with Gasteiger partial charge in [-0.3, -0.25) is 4.79 Å². The summed E-state index contributed by atoms with van der Waals surface area (Å²) in [5.74, 6) is 0. The van der Waals surface area contributed by atoms with E-state index in [2.05, 4.69) is 0 Å². The van der Waals surface area contributed by atoms with Gasteiger partial charge in [0.05, 0.1) is 0 Å². The van der Waals surface area contributed by atoms with E-state index in [1.807, 2.05) is 0 Å². The number of hydrogen-bond donors (Lipinski definition) is 0. The summed E-state index contributed by atoms with van der Waals surface area (Å²) >= 11 is -0.722. The van der Waals surface area contributed by atoms with Crippen molar-refractivity contribution in [2.75, 3.05) is 0 Å². The first-order valence-corrected chi connectivity index (χ1v) is 2.66. The van der Waals surface area contributed by atoms with E-state index in [4.69, 9.17) is 0 Å². The molecule has 0 bridgehead atoms. The lowest BCUT2D eigenvalue weighted by molar-refractivity contribution is -0.0555. The van der Waals surface area contributed by atoms with Crippen LogP contribution in [-0.2, 0) is 4.79 Å². The van der Waals surface area contributed by atoms with Gasteiger partial charge in [-0.2, -0.15) is 8.78 Å². The number of rotatable bonds is 3. The van der Waals surface area contributed by atoms with Crippen LogP contribution in [0.15, 0.2) is 0 Å². The third-order valence-electron chi connectivity index (χ3n) is 0.459. The molecule has 0 aliphatic heterocycles. The van der Waals surface area contributed by atoms with Gasteiger partial charge in [0.15, 0.2) is 5.62 Å². The minimum atomic E-state index is -4.23. The second-order valence-electron chi connectivity index (χ2n) is 1.08. The Bertz CT molecular complexity index is 104. The Kier molecular flexibility index (Phi) is 2.96. The molecule has 0 atom stereocenters. The highest BCUT2D eigenvalue weighted by atomic mass is 32.2. The summed E-state index contributed by atoms with van der Waals surface area (Å²) in [6.45, 7) is 0. The highest BCUT2D eigenvalue weighted by molar-refractivity contribution is 8.12. The summed E-state index contributed by atoms with van der Waals surface area (Å²) in [6, 6.07) is 0. The molecule has 0 saturated heterocycles. The molecule has 0 fully saturated rings. The van der Waals surface area contributed by atoms with E-state index in [0.29, 0.717) is 0 Å². The Morgan fingerprint density at radius 3 is 2.00 bits per heavy atom. The summed E-state index contributed by atoms with van der Waals surface area (Å²) in [6.07, 6.45) is -3.78. The second kappa shape index (κ2) is 3.05. The zero-order valence-corrected chi connectivity index (χ0v) is 4.80. The van der Waals surface area contributed by atoms with Gasteiger partial charge in [0.25, 0.3) is 0 Å². The SMILES string of the molecule is O=CSC(F)(F)C(F)F. The molecule has 0 amide bonds. The van der Waals surface area contributed by atoms with Crippen molar-refractivity contribution in [3.63, 3.8) is 0 Å². The standard InChI is InChI=1S/C3H2F4OS/c4-2(5)3(6,7)9-1-8/h1-2H. The molecular weight excluding hydrogens is 160 g/mol. The van der Waals surface area contributed by atoms with E-state index in [1.54, 1.807) is 0 Å². The van der Waals surface area contributed by atoms with Gasteiger partial charge in [-0.15, -0.1) is 0 Å². The van der Waals surface area contributed by atoms with Crippen LogP contribution in [0.25, 0.3) is 0 Å². The highest BCUT2D eigenvalue weighted by Crippen LogP contribution is 2.33. The predicted octanol–water partition coefficient (Wildman–Crippen LogP) is 1.77. The van der Waals surface area contributed by atoms with Crippen LogP contribution in [0.3, 0.4) is 0 Å². The molecule has 0 heterocycles. The maximum absolute atomic E-state index is 11.5. The number of carbonyl (C=O) groups excluding carboxylic acids is 1. The molecule has 0 N–H and O–H groups in total. The Morgan fingerprint density at radius 2 is 1.89 bits per heavy atom. The number of hydrogen-bond acceptors (Lipinski definition) is 2. The van der Waals surface area contributed by atoms with Crippen molar-refractivity contribution in [3.05, 3.63) is 0 Å². The summed E-state index contributed by atoms with van der Waals surface area (Å²) < 4.78 is 45.2. The lowest BCUT2D eigenvalue weighted by Gasteiger charge is -2.08. The van der Waals surface area contributed by atoms with Crippen LogP contribution in [-0.4, -0.2) is 17.3 Å². The molecule has 54 valence electrons. The average molecular weight is 162 g/mol. The largest absolute Gasteiger partial charge is 0.360 e.